The van der Waals surface area contributed by atoms with Gasteiger partial charge in [-0.05, 0) is 25.8 Å². The Labute approximate surface area is 105 Å². The van der Waals surface area contributed by atoms with E-state index < -0.39 is 14.9 Å². The zero-order chi connectivity index (χ0) is 13.3. The van der Waals surface area contributed by atoms with E-state index in [1.807, 2.05) is 0 Å². The molecule has 0 bridgehead atoms. The Kier molecular flexibility index (Phi) is 3.36. The van der Waals surface area contributed by atoms with Crippen molar-refractivity contribution in [1.82, 2.24) is 4.31 Å². The average molecular weight is 270 g/mol. The molecule has 98 valence electrons. The molecule has 18 heavy (non-hydrogen) atoms. The molecule has 1 aliphatic rings. The van der Waals surface area contributed by atoms with Gasteiger partial charge < -0.3 is 0 Å². The summed E-state index contributed by atoms with van der Waals surface area (Å²) in [6, 6.07) is 4.16. The first-order valence-corrected chi connectivity index (χ1v) is 7.13. The maximum atomic E-state index is 12.3. The van der Waals surface area contributed by atoms with Gasteiger partial charge in [0.05, 0.1) is 9.82 Å². The second-order valence-electron chi connectivity index (χ2n) is 4.27. The van der Waals surface area contributed by atoms with Crippen LogP contribution >= 0.6 is 0 Å². The van der Waals surface area contributed by atoms with Crippen LogP contribution in [0.4, 0.5) is 5.69 Å². The number of hydrogen-bond acceptors (Lipinski definition) is 4. The monoisotopic (exact) mass is 270 g/mol. The van der Waals surface area contributed by atoms with Crippen molar-refractivity contribution in [3.8, 4) is 0 Å². The zero-order valence-corrected chi connectivity index (χ0v) is 10.8. The number of benzene rings is 1. The highest BCUT2D eigenvalue weighted by Crippen LogP contribution is 2.28. The molecule has 1 aromatic carbocycles. The number of nitro benzene ring substituents is 1. The van der Waals surface area contributed by atoms with Crippen molar-refractivity contribution < 1.29 is 13.3 Å². The summed E-state index contributed by atoms with van der Waals surface area (Å²) < 4.78 is 26.1. The lowest BCUT2D eigenvalue weighted by atomic mass is 10.2. The number of rotatable bonds is 3. The Morgan fingerprint density at radius 1 is 1.28 bits per heavy atom. The van der Waals surface area contributed by atoms with Crippen LogP contribution in [0.25, 0.3) is 0 Å². The lowest BCUT2D eigenvalue weighted by Crippen LogP contribution is -2.28. The van der Waals surface area contributed by atoms with Gasteiger partial charge in [0.15, 0.2) is 0 Å². The quantitative estimate of drug-likeness (QED) is 0.618. The topological polar surface area (TPSA) is 80.5 Å². The fraction of sp³-hybridized carbons (Fsp3) is 0.455. The molecule has 0 radical (unpaired) electrons. The first-order valence-electron chi connectivity index (χ1n) is 5.69. The maximum absolute atomic E-state index is 12.3. The molecule has 0 aromatic heterocycles. The van der Waals surface area contributed by atoms with Crippen LogP contribution in [0.15, 0.2) is 23.1 Å². The molecule has 1 heterocycles. The first kappa shape index (κ1) is 13.0. The smallest absolute Gasteiger partial charge is 0.258 e. The van der Waals surface area contributed by atoms with Gasteiger partial charge in [-0.15, -0.1) is 0 Å². The lowest BCUT2D eigenvalue weighted by molar-refractivity contribution is -0.385. The van der Waals surface area contributed by atoms with E-state index in [0.717, 1.165) is 12.8 Å². The van der Waals surface area contributed by atoms with Crippen LogP contribution < -0.4 is 0 Å². The van der Waals surface area contributed by atoms with Gasteiger partial charge in [0.1, 0.15) is 0 Å². The van der Waals surface area contributed by atoms with Crippen molar-refractivity contribution in [3.63, 3.8) is 0 Å². The lowest BCUT2D eigenvalue weighted by Gasteiger charge is -2.16. The van der Waals surface area contributed by atoms with Crippen LogP contribution in [-0.4, -0.2) is 30.7 Å². The second-order valence-corrected chi connectivity index (χ2v) is 6.17. The summed E-state index contributed by atoms with van der Waals surface area (Å²) in [5.41, 5.74) is 0.0460. The summed E-state index contributed by atoms with van der Waals surface area (Å²) in [5.74, 6) is 0. The van der Waals surface area contributed by atoms with Gasteiger partial charge in [-0.25, -0.2) is 8.42 Å². The number of hydrogen-bond donors (Lipinski definition) is 0. The van der Waals surface area contributed by atoms with Crippen LogP contribution in [-0.2, 0) is 10.0 Å². The minimum absolute atomic E-state index is 0.0404. The van der Waals surface area contributed by atoms with E-state index in [4.69, 9.17) is 0 Å². The normalized spacial score (nSPS) is 16.9. The summed E-state index contributed by atoms with van der Waals surface area (Å²) in [7, 11) is -3.60. The van der Waals surface area contributed by atoms with Gasteiger partial charge in [0.2, 0.25) is 10.0 Å². The van der Waals surface area contributed by atoms with E-state index in [0.29, 0.717) is 13.1 Å². The van der Waals surface area contributed by atoms with E-state index in [2.05, 4.69) is 0 Å². The fourth-order valence-corrected chi connectivity index (χ4v) is 3.91. The average Bonchev–Trinajstić information content (AvgIpc) is 2.82. The summed E-state index contributed by atoms with van der Waals surface area (Å²) >= 11 is 0. The Balaban J connectivity index is 2.51. The van der Waals surface area contributed by atoms with Gasteiger partial charge >= 0.3 is 0 Å². The summed E-state index contributed by atoms with van der Waals surface area (Å²) in [6.45, 7) is 2.45. The largest absolute Gasteiger partial charge is 0.273 e. The molecule has 1 aliphatic heterocycles. The molecule has 0 atom stereocenters. The molecular formula is C11H14N2O4S. The minimum Gasteiger partial charge on any atom is -0.258 e. The molecule has 0 aliphatic carbocycles. The molecule has 1 aromatic rings. The number of sulfonamides is 1. The van der Waals surface area contributed by atoms with E-state index in [1.165, 1.54) is 29.4 Å². The Morgan fingerprint density at radius 2 is 1.89 bits per heavy atom. The van der Waals surface area contributed by atoms with Crippen LogP contribution in [0.2, 0.25) is 0 Å². The van der Waals surface area contributed by atoms with Crippen LogP contribution in [0.1, 0.15) is 18.4 Å². The molecule has 0 unspecified atom stereocenters. The molecule has 1 fully saturated rings. The van der Waals surface area contributed by atoms with Gasteiger partial charge in [-0.1, -0.05) is 6.07 Å². The third-order valence-electron chi connectivity index (χ3n) is 3.14. The molecule has 6 nitrogen and oxygen atoms in total. The van der Waals surface area contributed by atoms with Gasteiger partial charge in [-0.3, -0.25) is 10.1 Å². The van der Waals surface area contributed by atoms with Gasteiger partial charge in [-0.2, -0.15) is 4.31 Å². The van der Waals surface area contributed by atoms with Crippen molar-refractivity contribution in [1.29, 1.82) is 0 Å². The predicted molar refractivity (Wildman–Crippen MR) is 65.8 cm³/mol. The van der Waals surface area contributed by atoms with Crippen molar-refractivity contribution >= 4 is 15.7 Å². The molecule has 2 rings (SSSR count). The van der Waals surface area contributed by atoms with Gasteiger partial charge in [0.25, 0.3) is 5.69 Å². The third-order valence-corrected chi connectivity index (χ3v) is 5.18. The first-order chi connectivity index (χ1) is 8.44. The van der Waals surface area contributed by atoms with Crippen LogP contribution in [0.3, 0.4) is 0 Å². The Morgan fingerprint density at radius 3 is 2.44 bits per heavy atom. The molecule has 0 saturated carbocycles. The Bertz CT molecular complexity index is 577. The van der Waals surface area contributed by atoms with E-state index >= 15 is 0 Å². The Hall–Kier alpha value is -1.47. The standard InChI is InChI=1S/C11H14N2O4S/c1-9-10(13(14)15)5-4-6-11(9)18(16,17)12-7-2-3-8-12/h4-6H,2-3,7-8H2,1H3. The molecule has 7 heteroatoms. The van der Waals surface area contributed by atoms with Crippen LogP contribution in [0, 0.1) is 17.0 Å². The van der Waals surface area contributed by atoms with Crippen molar-refractivity contribution in [2.24, 2.45) is 0 Å². The minimum atomic E-state index is -3.60. The molecule has 0 amide bonds. The number of nitrogens with zero attached hydrogens (tertiary/aromatic N) is 2. The molecule has 1 saturated heterocycles. The van der Waals surface area contributed by atoms with Gasteiger partial charge in [0, 0.05) is 24.7 Å². The second kappa shape index (κ2) is 4.66. The van der Waals surface area contributed by atoms with Crippen LogP contribution in [0.5, 0.6) is 0 Å². The maximum Gasteiger partial charge on any atom is 0.273 e. The van der Waals surface area contributed by atoms with E-state index in [9.17, 15) is 18.5 Å². The van der Waals surface area contributed by atoms with Crippen molar-refractivity contribution in [2.45, 2.75) is 24.7 Å². The molecule has 0 spiro atoms. The SMILES string of the molecule is Cc1c([N+](=O)[O-])cccc1S(=O)(=O)N1CCCC1. The highest BCUT2D eigenvalue weighted by atomic mass is 32.2. The highest BCUT2D eigenvalue weighted by Gasteiger charge is 2.30. The predicted octanol–water partition coefficient (Wildman–Crippen LogP) is 1.69. The van der Waals surface area contributed by atoms with Crippen molar-refractivity contribution in [3.05, 3.63) is 33.9 Å². The summed E-state index contributed by atoms with van der Waals surface area (Å²) in [4.78, 5) is 10.3. The third kappa shape index (κ3) is 2.11. The summed E-state index contributed by atoms with van der Waals surface area (Å²) in [5, 5.41) is 10.8. The van der Waals surface area contributed by atoms with E-state index in [-0.39, 0.29) is 16.1 Å². The molecule has 0 N–H and O–H groups in total. The fourth-order valence-electron chi connectivity index (χ4n) is 2.15. The van der Waals surface area contributed by atoms with E-state index in [1.54, 1.807) is 0 Å². The highest BCUT2D eigenvalue weighted by molar-refractivity contribution is 7.89. The van der Waals surface area contributed by atoms with Crippen molar-refractivity contribution in [2.75, 3.05) is 13.1 Å². The molecular weight excluding hydrogens is 256 g/mol. The number of nitro groups is 1. The zero-order valence-electron chi connectivity index (χ0n) is 10.00. The summed E-state index contributed by atoms with van der Waals surface area (Å²) in [6.07, 6.45) is 1.68.